The second kappa shape index (κ2) is 3.95. The third-order valence-corrected chi connectivity index (χ3v) is 3.50. The van der Waals surface area contributed by atoms with Crippen LogP contribution in [0, 0.1) is 5.92 Å². The van der Waals surface area contributed by atoms with Crippen molar-refractivity contribution in [2.24, 2.45) is 11.7 Å². The van der Waals surface area contributed by atoms with E-state index in [1.165, 1.54) is 5.56 Å². The van der Waals surface area contributed by atoms with Gasteiger partial charge in [-0.15, -0.1) is 0 Å². The third-order valence-electron chi connectivity index (χ3n) is 3.50. The van der Waals surface area contributed by atoms with Crippen molar-refractivity contribution >= 4 is 0 Å². The van der Waals surface area contributed by atoms with Crippen LogP contribution in [0.3, 0.4) is 0 Å². The molecule has 2 rings (SSSR count). The van der Waals surface area contributed by atoms with Gasteiger partial charge in [0.05, 0.1) is 6.61 Å². The molecule has 3 atom stereocenters. The second-order valence-corrected chi connectivity index (χ2v) is 4.60. The monoisotopic (exact) mass is 205 g/mol. The molecule has 0 spiro atoms. The van der Waals surface area contributed by atoms with Crippen LogP contribution in [0.1, 0.15) is 31.9 Å². The van der Waals surface area contributed by atoms with Crippen LogP contribution >= 0.6 is 0 Å². The van der Waals surface area contributed by atoms with Gasteiger partial charge in [-0.1, -0.05) is 37.3 Å². The van der Waals surface area contributed by atoms with Crippen molar-refractivity contribution in [1.82, 2.24) is 0 Å². The summed E-state index contributed by atoms with van der Waals surface area (Å²) in [5.74, 6) is 0.461. The van der Waals surface area contributed by atoms with Crippen molar-refractivity contribution in [2.45, 2.75) is 31.9 Å². The van der Waals surface area contributed by atoms with E-state index in [4.69, 9.17) is 10.5 Å². The molecule has 15 heavy (non-hydrogen) atoms. The standard InChI is InChI=1S/C13H19NO/c1-3-11-9-15-12(13(11,2)14)10-7-5-4-6-8-10/h4-8,11-12H,3,9,14H2,1-2H3/t11-,12+,13-/m0/s1. The number of rotatable bonds is 2. The molecule has 2 heteroatoms. The minimum atomic E-state index is -0.240. The topological polar surface area (TPSA) is 35.2 Å². The predicted molar refractivity (Wildman–Crippen MR) is 61.5 cm³/mol. The Kier molecular flexibility index (Phi) is 2.81. The van der Waals surface area contributed by atoms with Gasteiger partial charge < -0.3 is 10.5 Å². The Balaban J connectivity index is 2.26. The molecule has 1 saturated heterocycles. The molecule has 82 valence electrons. The molecule has 1 aliphatic heterocycles. The third kappa shape index (κ3) is 1.80. The fraction of sp³-hybridized carbons (Fsp3) is 0.538. The van der Waals surface area contributed by atoms with E-state index in [2.05, 4.69) is 26.0 Å². The van der Waals surface area contributed by atoms with Gasteiger partial charge in [0.2, 0.25) is 0 Å². The van der Waals surface area contributed by atoms with Gasteiger partial charge in [0.1, 0.15) is 6.10 Å². The van der Waals surface area contributed by atoms with Crippen molar-refractivity contribution < 1.29 is 4.74 Å². The molecule has 0 radical (unpaired) electrons. The zero-order valence-electron chi connectivity index (χ0n) is 9.44. The smallest absolute Gasteiger partial charge is 0.100 e. The fourth-order valence-electron chi connectivity index (χ4n) is 2.43. The highest BCUT2D eigenvalue weighted by atomic mass is 16.5. The Labute approximate surface area is 91.4 Å². The lowest BCUT2D eigenvalue weighted by Crippen LogP contribution is -2.45. The first-order valence-electron chi connectivity index (χ1n) is 5.61. The predicted octanol–water partition coefficient (Wildman–Crippen LogP) is 2.50. The van der Waals surface area contributed by atoms with Gasteiger partial charge in [0, 0.05) is 11.5 Å². The summed E-state index contributed by atoms with van der Waals surface area (Å²) in [4.78, 5) is 0. The molecule has 1 heterocycles. The number of ether oxygens (including phenoxy) is 1. The summed E-state index contributed by atoms with van der Waals surface area (Å²) in [6, 6.07) is 10.3. The Hall–Kier alpha value is -0.860. The highest BCUT2D eigenvalue weighted by Crippen LogP contribution is 2.40. The highest BCUT2D eigenvalue weighted by molar-refractivity contribution is 5.23. The molecule has 2 nitrogen and oxygen atoms in total. The van der Waals surface area contributed by atoms with Gasteiger partial charge in [0.25, 0.3) is 0 Å². The first kappa shape index (κ1) is 10.7. The molecule has 0 aromatic heterocycles. The average molecular weight is 205 g/mol. The second-order valence-electron chi connectivity index (χ2n) is 4.60. The van der Waals surface area contributed by atoms with E-state index >= 15 is 0 Å². The average Bonchev–Trinajstić information content (AvgIpc) is 2.54. The van der Waals surface area contributed by atoms with Crippen LogP contribution in [0.2, 0.25) is 0 Å². The molecular formula is C13H19NO. The maximum absolute atomic E-state index is 6.38. The lowest BCUT2D eigenvalue weighted by molar-refractivity contribution is 0.0849. The highest BCUT2D eigenvalue weighted by Gasteiger charge is 2.44. The SMILES string of the molecule is CC[C@H]1CO[C@H](c2ccccc2)[C@@]1(C)N. The van der Waals surface area contributed by atoms with Crippen LogP contribution in [0.5, 0.6) is 0 Å². The van der Waals surface area contributed by atoms with E-state index in [1.54, 1.807) is 0 Å². The molecule has 1 aromatic rings. The number of hydrogen-bond donors (Lipinski definition) is 1. The molecule has 0 unspecified atom stereocenters. The van der Waals surface area contributed by atoms with Crippen LogP contribution < -0.4 is 5.73 Å². The van der Waals surface area contributed by atoms with Gasteiger partial charge in [-0.2, -0.15) is 0 Å². The number of nitrogens with two attached hydrogens (primary N) is 1. The minimum absolute atomic E-state index is 0.0450. The van der Waals surface area contributed by atoms with Gasteiger partial charge in [-0.05, 0) is 18.9 Å². The van der Waals surface area contributed by atoms with Gasteiger partial charge in [-0.3, -0.25) is 0 Å². The van der Waals surface area contributed by atoms with Crippen LogP contribution in [0.4, 0.5) is 0 Å². The van der Waals surface area contributed by atoms with Crippen molar-refractivity contribution in [1.29, 1.82) is 0 Å². The molecule has 1 aromatic carbocycles. The zero-order valence-corrected chi connectivity index (χ0v) is 9.44. The summed E-state index contributed by atoms with van der Waals surface area (Å²) in [7, 11) is 0. The largest absolute Gasteiger partial charge is 0.371 e. The molecule has 0 bridgehead atoms. The lowest BCUT2D eigenvalue weighted by atomic mass is 9.81. The normalized spacial score (nSPS) is 35.7. The van der Waals surface area contributed by atoms with E-state index < -0.39 is 0 Å². The van der Waals surface area contributed by atoms with Crippen molar-refractivity contribution in [3.8, 4) is 0 Å². The van der Waals surface area contributed by atoms with Gasteiger partial charge in [0.15, 0.2) is 0 Å². The summed E-state index contributed by atoms with van der Waals surface area (Å²) in [6.45, 7) is 5.06. The lowest BCUT2D eigenvalue weighted by Gasteiger charge is -2.30. The summed E-state index contributed by atoms with van der Waals surface area (Å²) in [6.07, 6.45) is 1.12. The maximum Gasteiger partial charge on any atom is 0.100 e. The van der Waals surface area contributed by atoms with Crippen molar-refractivity contribution in [2.75, 3.05) is 6.61 Å². The van der Waals surface area contributed by atoms with Gasteiger partial charge >= 0.3 is 0 Å². The van der Waals surface area contributed by atoms with E-state index in [0.29, 0.717) is 5.92 Å². The molecule has 0 amide bonds. The molecule has 0 aliphatic carbocycles. The summed E-state index contributed by atoms with van der Waals surface area (Å²) >= 11 is 0. The summed E-state index contributed by atoms with van der Waals surface area (Å²) in [5.41, 5.74) is 7.34. The van der Waals surface area contributed by atoms with Crippen LogP contribution in [-0.4, -0.2) is 12.1 Å². The fourth-order valence-corrected chi connectivity index (χ4v) is 2.43. The number of benzene rings is 1. The van der Waals surface area contributed by atoms with Crippen LogP contribution in [0.25, 0.3) is 0 Å². The maximum atomic E-state index is 6.38. The minimum Gasteiger partial charge on any atom is -0.371 e. The summed E-state index contributed by atoms with van der Waals surface area (Å²) < 4.78 is 5.83. The number of hydrogen-bond acceptors (Lipinski definition) is 2. The summed E-state index contributed by atoms with van der Waals surface area (Å²) in [5, 5.41) is 0. The van der Waals surface area contributed by atoms with E-state index in [1.807, 2.05) is 18.2 Å². The first-order valence-corrected chi connectivity index (χ1v) is 5.61. The molecule has 0 saturated carbocycles. The Morgan fingerprint density at radius 1 is 1.40 bits per heavy atom. The molecule has 1 fully saturated rings. The van der Waals surface area contributed by atoms with E-state index in [9.17, 15) is 0 Å². The van der Waals surface area contributed by atoms with E-state index in [-0.39, 0.29) is 11.6 Å². The molecule has 2 N–H and O–H groups in total. The van der Waals surface area contributed by atoms with Crippen LogP contribution in [-0.2, 0) is 4.74 Å². The Morgan fingerprint density at radius 2 is 2.07 bits per heavy atom. The first-order chi connectivity index (χ1) is 7.16. The van der Waals surface area contributed by atoms with Crippen LogP contribution in [0.15, 0.2) is 30.3 Å². The zero-order chi connectivity index (χ0) is 10.9. The van der Waals surface area contributed by atoms with E-state index in [0.717, 1.165) is 13.0 Å². The molecule has 1 aliphatic rings. The quantitative estimate of drug-likeness (QED) is 0.805. The molecular weight excluding hydrogens is 186 g/mol. The van der Waals surface area contributed by atoms with Gasteiger partial charge in [-0.25, -0.2) is 0 Å². The van der Waals surface area contributed by atoms with Crippen molar-refractivity contribution in [3.05, 3.63) is 35.9 Å². The van der Waals surface area contributed by atoms with Crippen molar-refractivity contribution in [3.63, 3.8) is 0 Å². The Morgan fingerprint density at radius 3 is 2.60 bits per heavy atom. The Bertz CT molecular complexity index is 321.